The molecule has 5 heteroatoms. The molecule has 0 spiro atoms. The lowest BCUT2D eigenvalue weighted by Gasteiger charge is -2.24. The normalized spacial score (nSPS) is 18.0. The SMILES string of the molecule is CSCC1CCCN1C(=O)CCc1ccccc1C(=O)O. The first-order valence-corrected chi connectivity index (χ1v) is 8.62. The summed E-state index contributed by atoms with van der Waals surface area (Å²) < 4.78 is 0. The molecular weight excluding hydrogens is 286 g/mol. The summed E-state index contributed by atoms with van der Waals surface area (Å²) in [7, 11) is 0. The number of amides is 1. The molecule has 4 nitrogen and oxygen atoms in total. The maximum absolute atomic E-state index is 12.4. The third kappa shape index (κ3) is 4.00. The average molecular weight is 307 g/mol. The van der Waals surface area contributed by atoms with Crippen molar-refractivity contribution in [2.75, 3.05) is 18.6 Å². The zero-order valence-electron chi connectivity index (χ0n) is 12.2. The summed E-state index contributed by atoms with van der Waals surface area (Å²) in [6, 6.07) is 7.26. The van der Waals surface area contributed by atoms with Crippen molar-refractivity contribution in [2.45, 2.75) is 31.7 Å². The monoisotopic (exact) mass is 307 g/mol. The third-order valence-electron chi connectivity index (χ3n) is 3.91. The zero-order valence-corrected chi connectivity index (χ0v) is 13.1. The van der Waals surface area contributed by atoms with Crippen molar-refractivity contribution < 1.29 is 14.7 Å². The van der Waals surface area contributed by atoms with E-state index in [0.717, 1.165) is 30.7 Å². The van der Waals surface area contributed by atoms with Gasteiger partial charge < -0.3 is 10.0 Å². The highest BCUT2D eigenvalue weighted by molar-refractivity contribution is 7.98. The molecule has 1 N–H and O–H groups in total. The minimum absolute atomic E-state index is 0.145. The van der Waals surface area contributed by atoms with E-state index in [-0.39, 0.29) is 5.91 Å². The third-order valence-corrected chi connectivity index (χ3v) is 4.63. The van der Waals surface area contributed by atoms with E-state index in [1.807, 2.05) is 11.0 Å². The van der Waals surface area contributed by atoms with Crippen LogP contribution in [0.25, 0.3) is 0 Å². The molecule has 2 rings (SSSR count). The Balaban J connectivity index is 1.97. The zero-order chi connectivity index (χ0) is 15.2. The predicted molar refractivity (Wildman–Crippen MR) is 84.8 cm³/mol. The number of carboxylic acid groups (broad SMARTS) is 1. The summed E-state index contributed by atoms with van der Waals surface area (Å²) in [5.74, 6) is 0.198. The fourth-order valence-electron chi connectivity index (χ4n) is 2.86. The van der Waals surface area contributed by atoms with Crippen molar-refractivity contribution in [3.8, 4) is 0 Å². The number of nitrogens with zero attached hydrogens (tertiary/aromatic N) is 1. The molecule has 0 aromatic heterocycles. The Morgan fingerprint density at radius 3 is 2.86 bits per heavy atom. The number of aryl methyl sites for hydroxylation is 1. The summed E-state index contributed by atoms with van der Waals surface area (Å²) in [6.45, 7) is 0.838. The van der Waals surface area contributed by atoms with Gasteiger partial charge in [-0.3, -0.25) is 4.79 Å². The number of likely N-dealkylation sites (tertiary alicyclic amines) is 1. The number of thioether (sulfide) groups is 1. The van der Waals surface area contributed by atoms with Crippen LogP contribution in [-0.2, 0) is 11.2 Å². The van der Waals surface area contributed by atoms with Gasteiger partial charge in [0.25, 0.3) is 0 Å². The van der Waals surface area contributed by atoms with E-state index < -0.39 is 5.97 Å². The van der Waals surface area contributed by atoms with Gasteiger partial charge in [-0.2, -0.15) is 11.8 Å². The van der Waals surface area contributed by atoms with E-state index in [2.05, 4.69) is 6.26 Å². The Labute approximate surface area is 129 Å². The molecule has 1 atom stereocenters. The first-order valence-electron chi connectivity index (χ1n) is 7.23. The Morgan fingerprint density at radius 1 is 1.38 bits per heavy atom. The highest BCUT2D eigenvalue weighted by atomic mass is 32.2. The number of benzene rings is 1. The van der Waals surface area contributed by atoms with Crippen LogP contribution in [0.1, 0.15) is 35.2 Å². The van der Waals surface area contributed by atoms with Gasteiger partial charge in [0.1, 0.15) is 0 Å². The molecule has 1 amide bonds. The molecule has 0 aliphatic carbocycles. The van der Waals surface area contributed by atoms with E-state index in [1.165, 1.54) is 0 Å². The molecule has 1 aromatic rings. The smallest absolute Gasteiger partial charge is 0.335 e. The van der Waals surface area contributed by atoms with Gasteiger partial charge in [0, 0.05) is 24.8 Å². The van der Waals surface area contributed by atoms with Crippen LogP contribution in [0.15, 0.2) is 24.3 Å². The van der Waals surface area contributed by atoms with Gasteiger partial charge in [0.05, 0.1) is 5.56 Å². The van der Waals surface area contributed by atoms with Crippen LogP contribution in [-0.4, -0.2) is 46.5 Å². The number of carboxylic acids is 1. The summed E-state index contributed by atoms with van der Waals surface area (Å²) in [6.07, 6.45) is 5.09. The first kappa shape index (κ1) is 15.9. The average Bonchev–Trinajstić information content (AvgIpc) is 2.93. The minimum atomic E-state index is -0.931. The van der Waals surface area contributed by atoms with Crippen LogP contribution in [0.3, 0.4) is 0 Å². The van der Waals surface area contributed by atoms with Crippen LogP contribution in [0.2, 0.25) is 0 Å². The Kier molecular flexibility index (Phi) is 5.67. The van der Waals surface area contributed by atoms with E-state index in [4.69, 9.17) is 5.11 Å². The van der Waals surface area contributed by atoms with Gasteiger partial charge in [-0.15, -0.1) is 0 Å². The summed E-state index contributed by atoms with van der Waals surface area (Å²) in [5, 5.41) is 9.16. The quantitative estimate of drug-likeness (QED) is 0.878. The number of carbonyl (C=O) groups excluding carboxylic acids is 1. The number of rotatable bonds is 6. The Morgan fingerprint density at radius 2 is 2.14 bits per heavy atom. The van der Waals surface area contributed by atoms with Crippen molar-refractivity contribution >= 4 is 23.6 Å². The summed E-state index contributed by atoms with van der Waals surface area (Å²) in [5.41, 5.74) is 1.03. The number of hydrogen-bond donors (Lipinski definition) is 1. The minimum Gasteiger partial charge on any atom is -0.478 e. The van der Waals surface area contributed by atoms with Gasteiger partial charge in [-0.05, 0) is 37.1 Å². The van der Waals surface area contributed by atoms with E-state index in [9.17, 15) is 9.59 Å². The number of carbonyl (C=O) groups is 2. The Hall–Kier alpha value is -1.49. The molecule has 1 unspecified atom stereocenters. The molecule has 1 aliphatic heterocycles. The van der Waals surface area contributed by atoms with Crippen molar-refractivity contribution in [1.29, 1.82) is 0 Å². The van der Waals surface area contributed by atoms with Crippen LogP contribution < -0.4 is 0 Å². The summed E-state index contributed by atoms with van der Waals surface area (Å²) in [4.78, 5) is 25.5. The second kappa shape index (κ2) is 7.50. The highest BCUT2D eigenvalue weighted by Crippen LogP contribution is 2.22. The highest BCUT2D eigenvalue weighted by Gasteiger charge is 2.27. The van der Waals surface area contributed by atoms with Crippen molar-refractivity contribution in [3.63, 3.8) is 0 Å². The van der Waals surface area contributed by atoms with E-state index in [0.29, 0.717) is 24.4 Å². The van der Waals surface area contributed by atoms with Crippen LogP contribution >= 0.6 is 11.8 Å². The molecule has 1 heterocycles. The largest absolute Gasteiger partial charge is 0.478 e. The molecule has 114 valence electrons. The van der Waals surface area contributed by atoms with Gasteiger partial charge in [0.2, 0.25) is 5.91 Å². The maximum Gasteiger partial charge on any atom is 0.335 e. The van der Waals surface area contributed by atoms with Crippen molar-refractivity contribution in [3.05, 3.63) is 35.4 Å². The fraction of sp³-hybridized carbons (Fsp3) is 0.500. The molecule has 1 aliphatic rings. The summed E-state index contributed by atoms with van der Waals surface area (Å²) >= 11 is 1.77. The van der Waals surface area contributed by atoms with Gasteiger partial charge >= 0.3 is 5.97 Å². The lowest BCUT2D eigenvalue weighted by molar-refractivity contribution is -0.131. The van der Waals surface area contributed by atoms with E-state index >= 15 is 0 Å². The first-order chi connectivity index (χ1) is 10.1. The fourth-order valence-corrected chi connectivity index (χ4v) is 3.59. The second-order valence-electron chi connectivity index (χ2n) is 5.30. The molecule has 0 bridgehead atoms. The molecule has 21 heavy (non-hydrogen) atoms. The number of hydrogen-bond acceptors (Lipinski definition) is 3. The van der Waals surface area contributed by atoms with Crippen LogP contribution in [0.5, 0.6) is 0 Å². The molecule has 0 radical (unpaired) electrons. The van der Waals surface area contributed by atoms with Crippen LogP contribution in [0.4, 0.5) is 0 Å². The number of aromatic carboxylic acids is 1. The van der Waals surface area contributed by atoms with Gasteiger partial charge in [-0.1, -0.05) is 18.2 Å². The van der Waals surface area contributed by atoms with Crippen molar-refractivity contribution in [1.82, 2.24) is 4.90 Å². The maximum atomic E-state index is 12.4. The molecule has 1 fully saturated rings. The molecule has 1 aromatic carbocycles. The van der Waals surface area contributed by atoms with Gasteiger partial charge in [0.15, 0.2) is 0 Å². The second-order valence-corrected chi connectivity index (χ2v) is 6.21. The topological polar surface area (TPSA) is 57.6 Å². The lowest BCUT2D eigenvalue weighted by atomic mass is 10.0. The van der Waals surface area contributed by atoms with E-state index in [1.54, 1.807) is 30.0 Å². The predicted octanol–water partition coefficient (Wildman–Crippen LogP) is 2.67. The standard InChI is InChI=1S/C16H21NO3S/c1-21-11-13-6-4-10-17(13)15(18)9-8-12-5-2-3-7-14(12)16(19)20/h2-3,5,7,13H,4,6,8-11H2,1H3,(H,19,20). The molecular formula is C16H21NO3S. The Bertz CT molecular complexity index is 518. The van der Waals surface area contributed by atoms with Gasteiger partial charge in [-0.25, -0.2) is 4.79 Å². The molecule has 1 saturated heterocycles. The lowest BCUT2D eigenvalue weighted by Crippen LogP contribution is -2.37. The van der Waals surface area contributed by atoms with Crippen LogP contribution in [0, 0.1) is 0 Å². The van der Waals surface area contributed by atoms with Crippen molar-refractivity contribution in [2.24, 2.45) is 0 Å². The molecule has 0 saturated carbocycles.